The lowest BCUT2D eigenvalue weighted by Gasteiger charge is -2.30. The molecule has 0 saturated carbocycles. The number of aliphatic hydroxyl groups is 1. The molecular weight excluding hydrogens is 272 g/mol. The minimum absolute atomic E-state index is 0.0440. The van der Waals surface area contributed by atoms with Crippen molar-refractivity contribution in [1.29, 1.82) is 0 Å². The van der Waals surface area contributed by atoms with Gasteiger partial charge >= 0.3 is 0 Å². The third-order valence-corrected chi connectivity index (χ3v) is 3.64. The number of nitrogen functional groups attached to an aromatic ring is 1. The van der Waals surface area contributed by atoms with Gasteiger partial charge in [-0.3, -0.25) is 20.9 Å². The maximum atomic E-state index is 10.9. The Morgan fingerprint density at radius 2 is 2.10 bits per heavy atom. The molecule has 21 heavy (non-hydrogen) atoms. The molecule has 0 fully saturated rings. The molecule has 0 aliphatic heterocycles. The van der Waals surface area contributed by atoms with Crippen molar-refractivity contribution in [3.8, 4) is 0 Å². The van der Waals surface area contributed by atoms with E-state index in [1.54, 1.807) is 12.1 Å². The summed E-state index contributed by atoms with van der Waals surface area (Å²) >= 11 is 0. The zero-order chi connectivity index (χ0) is 15.8. The summed E-state index contributed by atoms with van der Waals surface area (Å²) in [7, 11) is 0. The first-order valence-electron chi connectivity index (χ1n) is 7.16. The van der Waals surface area contributed by atoms with Crippen LogP contribution in [0.15, 0.2) is 18.2 Å². The Morgan fingerprint density at radius 1 is 1.43 bits per heavy atom. The number of benzene rings is 1. The van der Waals surface area contributed by atoms with Crippen LogP contribution in [-0.4, -0.2) is 34.1 Å². The largest absolute Gasteiger partial charge is 0.395 e. The zero-order valence-corrected chi connectivity index (χ0v) is 12.6. The molecule has 0 atom stereocenters. The molecule has 0 bridgehead atoms. The number of nitrogens with two attached hydrogens (primary N) is 1. The van der Waals surface area contributed by atoms with Crippen LogP contribution in [0.2, 0.25) is 0 Å². The Balaban J connectivity index is 2.96. The highest BCUT2D eigenvalue weighted by Gasteiger charge is 2.17. The first kappa shape index (κ1) is 17.4. The maximum absolute atomic E-state index is 10.9. The molecule has 0 amide bonds. The Kier molecular flexibility index (Phi) is 7.07. The molecule has 0 radical (unpaired) electrons. The van der Waals surface area contributed by atoms with Crippen LogP contribution in [0.25, 0.3) is 0 Å². The molecule has 1 aromatic carbocycles. The second-order valence-electron chi connectivity index (χ2n) is 4.92. The van der Waals surface area contributed by atoms with E-state index in [1.807, 2.05) is 0 Å². The van der Waals surface area contributed by atoms with Gasteiger partial charge in [0.15, 0.2) is 0 Å². The highest BCUT2D eigenvalue weighted by Crippen LogP contribution is 2.25. The maximum Gasteiger partial charge on any atom is 0.293 e. The first-order chi connectivity index (χ1) is 10.1. The van der Waals surface area contributed by atoms with E-state index in [4.69, 9.17) is 5.84 Å². The summed E-state index contributed by atoms with van der Waals surface area (Å²) < 4.78 is 0. The Labute approximate surface area is 124 Å². The highest BCUT2D eigenvalue weighted by molar-refractivity contribution is 5.62. The van der Waals surface area contributed by atoms with Crippen LogP contribution in [0.1, 0.15) is 32.3 Å². The smallest absolute Gasteiger partial charge is 0.293 e. The van der Waals surface area contributed by atoms with Gasteiger partial charge in [0.25, 0.3) is 5.69 Å². The number of nitrogens with one attached hydrogen (secondary N) is 1. The van der Waals surface area contributed by atoms with Crippen LogP contribution in [0.4, 0.5) is 11.4 Å². The van der Waals surface area contributed by atoms with Gasteiger partial charge in [-0.05, 0) is 24.5 Å². The summed E-state index contributed by atoms with van der Waals surface area (Å²) in [6.07, 6.45) is 1.98. The number of rotatable bonds is 9. The highest BCUT2D eigenvalue weighted by atomic mass is 16.6. The van der Waals surface area contributed by atoms with E-state index in [1.165, 1.54) is 6.07 Å². The van der Waals surface area contributed by atoms with Crippen molar-refractivity contribution in [3.05, 3.63) is 33.9 Å². The number of nitrogens with zero attached hydrogens (tertiary/aromatic N) is 2. The fraction of sp³-hybridized carbons (Fsp3) is 0.571. The van der Waals surface area contributed by atoms with Gasteiger partial charge in [-0.1, -0.05) is 19.9 Å². The van der Waals surface area contributed by atoms with Crippen molar-refractivity contribution < 1.29 is 10.0 Å². The fourth-order valence-electron chi connectivity index (χ4n) is 2.52. The molecule has 118 valence electrons. The quantitative estimate of drug-likeness (QED) is 0.365. The van der Waals surface area contributed by atoms with E-state index in [-0.39, 0.29) is 12.3 Å². The number of nitro groups is 1. The van der Waals surface area contributed by atoms with E-state index in [0.717, 1.165) is 18.4 Å². The van der Waals surface area contributed by atoms with Crippen molar-refractivity contribution in [2.75, 3.05) is 18.6 Å². The SMILES string of the molecule is CCC(CC)N(CCO)Cc1ccc([N+](=O)[O-])c(NN)c1. The Hall–Kier alpha value is -1.70. The molecule has 0 aromatic heterocycles. The lowest BCUT2D eigenvalue weighted by molar-refractivity contribution is -0.384. The lowest BCUT2D eigenvalue weighted by atomic mass is 10.1. The van der Waals surface area contributed by atoms with E-state index in [2.05, 4.69) is 24.2 Å². The summed E-state index contributed by atoms with van der Waals surface area (Å²) in [4.78, 5) is 12.6. The number of nitro benzene ring substituents is 1. The number of aliphatic hydroxyl groups excluding tert-OH is 1. The van der Waals surface area contributed by atoms with Crippen LogP contribution in [0.3, 0.4) is 0 Å². The molecule has 0 aliphatic carbocycles. The second-order valence-corrected chi connectivity index (χ2v) is 4.92. The van der Waals surface area contributed by atoms with E-state index >= 15 is 0 Å². The van der Waals surface area contributed by atoms with Crippen molar-refractivity contribution in [1.82, 2.24) is 4.90 Å². The van der Waals surface area contributed by atoms with Gasteiger partial charge in [0.1, 0.15) is 5.69 Å². The third kappa shape index (κ3) is 4.66. The number of hydrogen-bond donors (Lipinski definition) is 3. The third-order valence-electron chi connectivity index (χ3n) is 3.64. The van der Waals surface area contributed by atoms with Crippen molar-refractivity contribution in [2.45, 2.75) is 39.3 Å². The van der Waals surface area contributed by atoms with E-state index in [9.17, 15) is 15.2 Å². The molecule has 1 rings (SSSR count). The number of hydrogen-bond acceptors (Lipinski definition) is 6. The van der Waals surface area contributed by atoms with Crippen LogP contribution in [-0.2, 0) is 6.54 Å². The van der Waals surface area contributed by atoms with Crippen LogP contribution in [0.5, 0.6) is 0 Å². The number of hydrazine groups is 1. The van der Waals surface area contributed by atoms with Crippen molar-refractivity contribution in [2.24, 2.45) is 5.84 Å². The average Bonchev–Trinajstić information content (AvgIpc) is 2.48. The topological polar surface area (TPSA) is 105 Å². The molecule has 7 heteroatoms. The fourth-order valence-corrected chi connectivity index (χ4v) is 2.52. The Bertz CT molecular complexity index is 464. The predicted octanol–water partition coefficient (Wildman–Crippen LogP) is 1.86. The molecule has 0 heterocycles. The molecule has 0 spiro atoms. The van der Waals surface area contributed by atoms with Gasteiger partial charge in [-0.2, -0.15) is 0 Å². The van der Waals surface area contributed by atoms with E-state index in [0.29, 0.717) is 24.8 Å². The minimum Gasteiger partial charge on any atom is -0.395 e. The van der Waals surface area contributed by atoms with Gasteiger partial charge in [-0.15, -0.1) is 0 Å². The minimum atomic E-state index is -0.467. The van der Waals surface area contributed by atoms with Crippen LogP contribution < -0.4 is 11.3 Å². The van der Waals surface area contributed by atoms with Gasteiger partial charge in [-0.25, -0.2) is 0 Å². The predicted molar refractivity (Wildman–Crippen MR) is 82.8 cm³/mol. The number of anilines is 1. The summed E-state index contributed by atoms with van der Waals surface area (Å²) in [5.41, 5.74) is 3.55. The lowest BCUT2D eigenvalue weighted by Crippen LogP contribution is -2.36. The molecule has 0 aliphatic rings. The van der Waals surface area contributed by atoms with Gasteiger partial charge in [0.05, 0.1) is 11.5 Å². The van der Waals surface area contributed by atoms with Crippen molar-refractivity contribution >= 4 is 11.4 Å². The first-order valence-corrected chi connectivity index (χ1v) is 7.16. The van der Waals surface area contributed by atoms with Gasteiger partial charge < -0.3 is 10.5 Å². The second kappa shape index (κ2) is 8.56. The molecular formula is C14H24N4O3. The Morgan fingerprint density at radius 3 is 2.57 bits per heavy atom. The molecule has 0 saturated heterocycles. The average molecular weight is 296 g/mol. The molecule has 0 unspecified atom stereocenters. The zero-order valence-electron chi connectivity index (χ0n) is 12.6. The summed E-state index contributed by atoms with van der Waals surface area (Å²) in [5.74, 6) is 5.35. The molecule has 7 nitrogen and oxygen atoms in total. The van der Waals surface area contributed by atoms with Gasteiger partial charge in [0, 0.05) is 25.2 Å². The normalized spacial score (nSPS) is 11.1. The van der Waals surface area contributed by atoms with Gasteiger partial charge in [0.2, 0.25) is 0 Å². The summed E-state index contributed by atoms with van der Waals surface area (Å²) in [6, 6.07) is 5.24. The molecule has 4 N–H and O–H groups in total. The standard InChI is InChI=1S/C14H24N4O3/c1-3-12(4-2)17(7-8-19)10-11-5-6-14(18(20)21)13(9-11)16-15/h5-6,9,12,16,19H,3-4,7-8,10,15H2,1-2H3. The van der Waals surface area contributed by atoms with Crippen LogP contribution >= 0.6 is 0 Å². The van der Waals surface area contributed by atoms with Crippen molar-refractivity contribution in [3.63, 3.8) is 0 Å². The molecule has 1 aromatic rings. The van der Waals surface area contributed by atoms with Crippen LogP contribution in [0, 0.1) is 10.1 Å². The monoisotopic (exact) mass is 296 g/mol. The summed E-state index contributed by atoms with van der Waals surface area (Å²) in [6.45, 7) is 5.52. The van der Waals surface area contributed by atoms with E-state index < -0.39 is 4.92 Å². The summed E-state index contributed by atoms with van der Waals surface area (Å²) in [5, 5.41) is 20.1.